The number of likely N-dealkylation sites (N-methyl/N-ethyl adjacent to an activating group) is 1. The molecule has 6 heteroatoms. The zero-order valence-corrected chi connectivity index (χ0v) is 12.3. The van der Waals surface area contributed by atoms with Crippen LogP contribution in [-0.4, -0.2) is 37.6 Å². The van der Waals surface area contributed by atoms with Crippen molar-refractivity contribution >= 4 is 23.4 Å². The first kappa shape index (κ1) is 16.2. The third kappa shape index (κ3) is 4.36. The number of ether oxygens (including phenoxy) is 1. The molecule has 0 saturated heterocycles. The Morgan fingerprint density at radius 2 is 2.10 bits per heavy atom. The molecule has 1 aromatic carbocycles. The maximum absolute atomic E-state index is 12.1. The van der Waals surface area contributed by atoms with E-state index in [0.717, 1.165) is 6.08 Å². The lowest BCUT2D eigenvalue weighted by Crippen LogP contribution is -2.25. The van der Waals surface area contributed by atoms with Crippen molar-refractivity contribution in [3.05, 3.63) is 46.6 Å². The normalized spacial score (nSPS) is 11.1. The molecule has 0 aliphatic carbocycles. The lowest BCUT2D eigenvalue weighted by molar-refractivity contribution is -0.149. The summed E-state index contributed by atoms with van der Waals surface area (Å²) in [5.41, 5.74) is 0.392. The summed E-state index contributed by atoms with van der Waals surface area (Å²) in [6, 6.07) is 6.46. The van der Waals surface area contributed by atoms with E-state index in [2.05, 4.69) is 0 Å². The van der Waals surface area contributed by atoms with E-state index in [4.69, 9.17) is 21.2 Å². The molecule has 0 aliphatic rings. The topological polar surface area (TPSA) is 55.8 Å². The smallest absolute Gasteiger partial charge is 0.357 e. The standard InChI is InChI=1S/C14H16ClNO4/c1-4-20-14(18)12(16(2)19-3)9-13(17)10-6-5-7-11(15)8-10/h5-9H,4H2,1-3H3/b12-9-. The molecule has 0 unspecified atom stereocenters. The first-order chi connectivity index (χ1) is 9.49. The van der Waals surface area contributed by atoms with Crippen LogP contribution >= 0.6 is 11.6 Å². The number of hydroxylamine groups is 2. The highest BCUT2D eigenvalue weighted by Gasteiger charge is 2.18. The SMILES string of the molecule is CCOC(=O)/C(=C/C(=O)c1cccc(Cl)c1)N(C)OC. The van der Waals surface area contributed by atoms with E-state index in [1.54, 1.807) is 25.1 Å². The van der Waals surface area contributed by atoms with Crippen molar-refractivity contribution in [2.45, 2.75) is 6.92 Å². The van der Waals surface area contributed by atoms with Crippen LogP contribution in [0.2, 0.25) is 5.02 Å². The summed E-state index contributed by atoms with van der Waals surface area (Å²) in [5.74, 6) is -0.994. The number of carbonyl (C=O) groups is 2. The molecule has 0 amide bonds. The maximum Gasteiger partial charge on any atom is 0.357 e. The summed E-state index contributed by atoms with van der Waals surface area (Å²) < 4.78 is 4.88. The van der Waals surface area contributed by atoms with E-state index >= 15 is 0 Å². The van der Waals surface area contributed by atoms with E-state index in [9.17, 15) is 9.59 Å². The number of halogens is 1. The lowest BCUT2D eigenvalue weighted by atomic mass is 10.1. The fourth-order valence-corrected chi connectivity index (χ4v) is 1.62. The summed E-state index contributed by atoms with van der Waals surface area (Å²) in [5, 5.41) is 1.61. The van der Waals surface area contributed by atoms with Gasteiger partial charge in [-0.2, -0.15) is 0 Å². The molecule has 0 bridgehead atoms. The van der Waals surface area contributed by atoms with Crippen LogP contribution in [0.3, 0.4) is 0 Å². The van der Waals surface area contributed by atoms with E-state index < -0.39 is 5.97 Å². The molecule has 0 radical (unpaired) electrons. The van der Waals surface area contributed by atoms with Crippen molar-refractivity contribution in [3.8, 4) is 0 Å². The van der Waals surface area contributed by atoms with E-state index in [-0.39, 0.29) is 18.1 Å². The van der Waals surface area contributed by atoms with Gasteiger partial charge in [0.1, 0.15) is 0 Å². The number of nitrogens with zero attached hydrogens (tertiary/aromatic N) is 1. The van der Waals surface area contributed by atoms with Crippen molar-refractivity contribution in [2.75, 3.05) is 20.8 Å². The van der Waals surface area contributed by atoms with Crippen LogP contribution in [0.15, 0.2) is 36.0 Å². The van der Waals surface area contributed by atoms with Crippen molar-refractivity contribution in [1.82, 2.24) is 5.06 Å². The van der Waals surface area contributed by atoms with Crippen LogP contribution < -0.4 is 0 Å². The minimum atomic E-state index is -0.632. The Labute approximate surface area is 122 Å². The van der Waals surface area contributed by atoms with Gasteiger partial charge in [0.05, 0.1) is 13.7 Å². The second kappa shape index (κ2) is 7.67. The third-order valence-electron chi connectivity index (χ3n) is 2.47. The zero-order chi connectivity index (χ0) is 15.1. The molecule has 0 spiro atoms. The van der Waals surface area contributed by atoms with Crippen molar-refractivity contribution in [1.29, 1.82) is 0 Å². The number of esters is 1. The van der Waals surface area contributed by atoms with Gasteiger partial charge in [0.2, 0.25) is 0 Å². The molecule has 0 heterocycles. The minimum absolute atomic E-state index is 0.0133. The Kier molecular flexibility index (Phi) is 6.21. The molecule has 0 aliphatic heterocycles. The van der Waals surface area contributed by atoms with Crippen molar-refractivity contribution in [3.63, 3.8) is 0 Å². The van der Waals surface area contributed by atoms with Crippen LogP contribution in [0.5, 0.6) is 0 Å². The molecule has 20 heavy (non-hydrogen) atoms. The van der Waals surface area contributed by atoms with Gasteiger partial charge in [-0.1, -0.05) is 23.7 Å². The van der Waals surface area contributed by atoms with Crippen LogP contribution in [0.1, 0.15) is 17.3 Å². The molecule has 0 saturated carbocycles. The molecule has 0 N–H and O–H groups in total. The molecule has 1 aromatic rings. The molecule has 5 nitrogen and oxygen atoms in total. The predicted octanol–water partition coefficient (Wildman–Crippen LogP) is 2.46. The van der Waals surface area contributed by atoms with Crippen LogP contribution in [-0.2, 0) is 14.4 Å². The first-order valence-electron chi connectivity index (χ1n) is 5.96. The van der Waals surface area contributed by atoms with E-state index in [0.29, 0.717) is 10.6 Å². The molecular weight excluding hydrogens is 282 g/mol. The Hall–Kier alpha value is -1.85. The molecule has 0 atom stereocenters. The number of rotatable bonds is 6. The van der Waals surface area contributed by atoms with Gasteiger partial charge in [-0.25, -0.2) is 4.79 Å². The predicted molar refractivity (Wildman–Crippen MR) is 75.3 cm³/mol. The van der Waals surface area contributed by atoms with Gasteiger partial charge in [0.15, 0.2) is 11.5 Å². The molecular formula is C14H16ClNO4. The van der Waals surface area contributed by atoms with Crippen molar-refractivity contribution < 1.29 is 19.2 Å². The largest absolute Gasteiger partial charge is 0.461 e. The Morgan fingerprint density at radius 1 is 1.40 bits per heavy atom. The fraction of sp³-hybridized carbons (Fsp3) is 0.286. The quantitative estimate of drug-likeness (QED) is 0.349. The van der Waals surface area contributed by atoms with Gasteiger partial charge >= 0.3 is 5.97 Å². The highest BCUT2D eigenvalue weighted by atomic mass is 35.5. The monoisotopic (exact) mass is 297 g/mol. The van der Waals surface area contributed by atoms with Gasteiger partial charge < -0.3 is 4.74 Å². The number of hydrogen-bond acceptors (Lipinski definition) is 5. The second-order valence-electron chi connectivity index (χ2n) is 3.80. The van der Waals surface area contributed by atoms with Crippen LogP contribution in [0.4, 0.5) is 0 Å². The van der Waals surface area contributed by atoms with Gasteiger partial charge in [0.25, 0.3) is 0 Å². The fourth-order valence-electron chi connectivity index (χ4n) is 1.43. The number of ketones is 1. The highest BCUT2D eigenvalue weighted by Crippen LogP contribution is 2.13. The van der Waals surface area contributed by atoms with Crippen molar-refractivity contribution in [2.24, 2.45) is 0 Å². The average molecular weight is 298 g/mol. The van der Waals surface area contributed by atoms with E-state index in [1.165, 1.54) is 25.3 Å². The van der Waals surface area contributed by atoms with Gasteiger partial charge in [0, 0.05) is 23.7 Å². The number of hydrogen-bond donors (Lipinski definition) is 0. The number of allylic oxidation sites excluding steroid dienone is 1. The summed E-state index contributed by atoms with van der Waals surface area (Å²) in [7, 11) is 2.89. The van der Waals surface area contributed by atoms with Crippen LogP contribution in [0, 0.1) is 0 Å². The van der Waals surface area contributed by atoms with Gasteiger partial charge in [-0.05, 0) is 19.1 Å². The van der Waals surface area contributed by atoms with E-state index in [1.807, 2.05) is 0 Å². The number of carbonyl (C=O) groups excluding carboxylic acids is 2. The second-order valence-corrected chi connectivity index (χ2v) is 4.24. The van der Waals surface area contributed by atoms with Crippen LogP contribution in [0.25, 0.3) is 0 Å². The molecule has 0 aromatic heterocycles. The summed E-state index contributed by atoms with van der Waals surface area (Å²) >= 11 is 5.83. The zero-order valence-electron chi connectivity index (χ0n) is 11.6. The highest BCUT2D eigenvalue weighted by molar-refractivity contribution is 6.31. The third-order valence-corrected chi connectivity index (χ3v) is 2.71. The first-order valence-corrected chi connectivity index (χ1v) is 6.34. The average Bonchev–Trinajstić information content (AvgIpc) is 2.43. The molecule has 108 valence electrons. The van der Waals surface area contributed by atoms with Gasteiger partial charge in [-0.3, -0.25) is 14.7 Å². The Balaban J connectivity index is 3.06. The number of benzene rings is 1. The maximum atomic E-state index is 12.1. The molecule has 1 rings (SSSR count). The summed E-state index contributed by atoms with van der Waals surface area (Å²) in [4.78, 5) is 28.8. The Bertz CT molecular complexity index is 528. The molecule has 0 fully saturated rings. The minimum Gasteiger partial charge on any atom is -0.461 e. The lowest BCUT2D eigenvalue weighted by Gasteiger charge is -2.17. The van der Waals surface area contributed by atoms with Gasteiger partial charge in [-0.15, -0.1) is 0 Å². The Morgan fingerprint density at radius 3 is 2.65 bits per heavy atom. The summed E-state index contributed by atoms with van der Waals surface area (Å²) in [6.07, 6.45) is 1.16. The summed E-state index contributed by atoms with van der Waals surface area (Å²) in [6.45, 7) is 1.89.